The van der Waals surface area contributed by atoms with Crippen molar-refractivity contribution in [3.05, 3.63) is 53.9 Å². The Hall–Kier alpha value is -2.64. The summed E-state index contributed by atoms with van der Waals surface area (Å²) in [4.78, 5) is 42.3. The van der Waals surface area contributed by atoms with Gasteiger partial charge in [0.1, 0.15) is 0 Å². The average molecular weight is 429 g/mol. The lowest BCUT2D eigenvalue weighted by Crippen LogP contribution is -2.66. The summed E-state index contributed by atoms with van der Waals surface area (Å²) in [6.45, 7) is 9.96. The van der Waals surface area contributed by atoms with E-state index in [1.54, 1.807) is 59.9 Å². The fourth-order valence-electron chi connectivity index (χ4n) is 3.49. The van der Waals surface area contributed by atoms with Gasteiger partial charge in [0.15, 0.2) is 22.8 Å². The van der Waals surface area contributed by atoms with Gasteiger partial charge in [-0.25, -0.2) is 0 Å². The van der Waals surface area contributed by atoms with E-state index in [1.165, 1.54) is 24.4 Å². The predicted octanol–water partition coefficient (Wildman–Crippen LogP) is 2.39. The Kier molecular flexibility index (Phi) is 6.73. The molecule has 1 heterocycles. The zero-order valence-electron chi connectivity index (χ0n) is 19.0. The normalized spacial score (nSPS) is 23.8. The maximum absolute atomic E-state index is 13.2. The maximum Gasteiger partial charge on any atom is 0.252 e. The Morgan fingerprint density at radius 1 is 1.00 bits per heavy atom. The average Bonchev–Trinajstić information content (AvgIpc) is 2.68. The molecule has 31 heavy (non-hydrogen) atoms. The second kappa shape index (κ2) is 8.48. The van der Waals surface area contributed by atoms with Gasteiger partial charge in [-0.2, -0.15) is 0 Å². The lowest BCUT2D eigenvalue weighted by Gasteiger charge is -2.45. The van der Waals surface area contributed by atoms with E-state index in [-0.39, 0.29) is 12.5 Å². The van der Waals surface area contributed by atoms with Gasteiger partial charge in [-0.15, -0.1) is 0 Å². The number of nitrogens with one attached hydrogen (secondary N) is 1. The van der Waals surface area contributed by atoms with Crippen molar-refractivity contribution in [1.29, 1.82) is 0 Å². The molecule has 1 aliphatic carbocycles. The number of nitrogens with zero attached hydrogens (tertiary/aromatic N) is 1. The van der Waals surface area contributed by atoms with Crippen LogP contribution in [0.3, 0.4) is 0 Å². The standard InChI is InChI=1S/C24H32N2O5/c1-21(2,3)19(28)23(30)11-9-16(14-24(23,31)20(29)22(4,5)6)10-13-26-18(27)17-8-7-12-25-15-17/h7-9,11-12,14-15,30-31H,10,13H2,1-6H3,(H,26,27). The minimum Gasteiger partial charge on any atom is -0.374 e. The molecule has 0 bridgehead atoms. The first-order valence-corrected chi connectivity index (χ1v) is 10.3. The molecule has 2 atom stereocenters. The molecule has 1 aromatic rings. The minimum absolute atomic E-state index is 0.231. The number of allylic oxidation sites excluding steroid dienone is 1. The Bertz CT molecular complexity index is 922. The van der Waals surface area contributed by atoms with E-state index in [1.807, 2.05) is 0 Å². The van der Waals surface area contributed by atoms with Crippen molar-refractivity contribution < 1.29 is 24.6 Å². The fraction of sp³-hybridized carbons (Fsp3) is 0.500. The van der Waals surface area contributed by atoms with Gasteiger partial charge in [0, 0.05) is 29.8 Å². The van der Waals surface area contributed by atoms with Crippen LogP contribution in [0.4, 0.5) is 0 Å². The summed E-state index contributed by atoms with van der Waals surface area (Å²) in [5, 5.41) is 25.5. The molecule has 168 valence electrons. The predicted molar refractivity (Wildman–Crippen MR) is 117 cm³/mol. The molecule has 2 unspecified atom stereocenters. The molecule has 1 aliphatic rings. The van der Waals surface area contributed by atoms with Crippen molar-refractivity contribution in [3.8, 4) is 0 Å². The largest absolute Gasteiger partial charge is 0.374 e. The van der Waals surface area contributed by atoms with Gasteiger partial charge in [0.05, 0.1) is 5.56 Å². The molecule has 0 saturated carbocycles. The van der Waals surface area contributed by atoms with Crippen LogP contribution in [0.1, 0.15) is 58.3 Å². The van der Waals surface area contributed by atoms with E-state index in [0.29, 0.717) is 17.6 Å². The van der Waals surface area contributed by atoms with Crippen molar-refractivity contribution >= 4 is 17.5 Å². The third-order valence-electron chi connectivity index (χ3n) is 5.19. The van der Waals surface area contributed by atoms with Crippen molar-refractivity contribution in [2.75, 3.05) is 6.54 Å². The number of carbonyl (C=O) groups is 3. The lowest BCUT2D eigenvalue weighted by molar-refractivity contribution is -0.174. The van der Waals surface area contributed by atoms with E-state index in [4.69, 9.17) is 0 Å². The number of hydrogen-bond donors (Lipinski definition) is 3. The Morgan fingerprint density at radius 3 is 2.10 bits per heavy atom. The quantitative estimate of drug-likeness (QED) is 0.641. The number of amides is 1. The molecule has 0 fully saturated rings. The molecule has 0 aromatic carbocycles. The SMILES string of the molecule is CC(C)(C)C(=O)C1(O)C=CC(CCNC(=O)c2cccnc2)=CC1(O)C(=O)C(C)(C)C. The van der Waals surface area contributed by atoms with Crippen LogP contribution in [0.2, 0.25) is 0 Å². The van der Waals surface area contributed by atoms with Gasteiger partial charge in [0.25, 0.3) is 5.91 Å². The Balaban J connectivity index is 2.30. The number of hydrogen-bond acceptors (Lipinski definition) is 6. The van der Waals surface area contributed by atoms with Gasteiger partial charge >= 0.3 is 0 Å². The molecule has 0 spiro atoms. The van der Waals surface area contributed by atoms with Crippen molar-refractivity contribution in [2.45, 2.75) is 59.2 Å². The van der Waals surface area contributed by atoms with Crippen molar-refractivity contribution in [3.63, 3.8) is 0 Å². The van der Waals surface area contributed by atoms with Crippen LogP contribution in [-0.2, 0) is 9.59 Å². The number of ketones is 2. The summed E-state index contributed by atoms with van der Waals surface area (Å²) < 4.78 is 0. The molecule has 1 amide bonds. The third kappa shape index (κ3) is 4.99. The van der Waals surface area contributed by atoms with Crippen LogP contribution in [-0.4, -0.2) is 50.4 Å². The first-order chi connectivity index (χ1) is 14.1. The summed E-state index contributed by atoms with van der Waals surface area (Å²) in [7, 11) is 0. The molecule has 3 N–H and O–H groups in total. The minimum atomic E-state index is -2.42. The van der Waals surface area contributed by atoms with Crippen LogP contribution in [0, 0.1) is 10.8 Å². The molecule has 0 saturated heterocycles. The summed E-state index contributed by atoms with van der Waals surface area (Å²) in [6, 6.07) is 3.30. The van der Waals surface area contributed by atoms with Crippen molar-refractivity contribution in [1.82, 2.24) is 10.3 Å². The van der Waals surface area contributed by atoms with Crippen LogP contribution >= 0.6 is 0 Å². The maximum atomic E-state index is 13.2. The highest BCUT2D eigenvalue weighted by molar-refractivity contribution is 6.06. The van der Waals surface area contributed by atoms with Crippen LogP contribution in [0.5, 0.6) is 0 Å². The molecule has 2 rings (SSSR count). The van der Waals surface area contributed by atoms with Crippen LogP contribution < -0.4 is 5.32 Å². The van der Waals surface area contributed by atoms with E-state index >= 15 is 0 Å². The topological polar surface area (TPSA) is 117 Å². The van der Waals surface area contributed by atoms with E-state index in [2.05, 4.69) is 10.3 Å². The summed E-state index contributed by atoms with van der Waals surface area (Å²) >= 11 is 0. The number of aromatic nitrogens is 1. The van der Waals surface area contributed by atoms with E-state index < -0.39 is 33.6 Å². The zero-order valence-corrected chi connectivity index (χ0v) is 19.0. The van der Waals surface area contributed by atoms with Gasteiger partial charge in [-0.3, -0.25) is 19.4 Å². The van der Waals surface area contributed by atoms with E-state index in [0.717, 1.165) is 0 Å². The molecule has 0 aliphatic heterocycles. The molecule has 0 radical (unpaired) electrons. The highest BCUT2D eigenvalue weighted by Crippen LogP contribution is 2.41. The van der Waals surface area contributed by atoms with Gasteiger partial charge < -0.3 is 15.5 Å². The zero-order chi connectivity index (χ0) is 23.7. The monoisotopic (exact) mass is 428 g/mol. The smallest absolute Gasteiger partial charge is 0.252 e. The van der Waals surface area contributed by atoms with Crippen LogP contribution in [0.15, 0.2) is 48.3 Å². The number of carbonyl (C=O) groups excluding carboxylic acids is 3. The molecule has 7 heteroatoms. The third-order valence-corrected chi connectivity index (χ3v) is 5.19. The summed E-state index contributed by atoms with van der Waals surface area (Å²) in [5.74, 6) is -1.62. The number of pyridine rings is 1. The van der Waals surface area contributed by atoms with Gasteiger partial charge in [0.2, 0.25) is 0 Å². The molecule has 7 nitrogen and oxygen atoms in total. The molecular formula is C24H32N2O5. The molecule has 1 aromatic heterocycles. The number of rotatable bonds is 6. The van der Waals surface area contributed by atoms with Gasteiger partial charge in [-0.05, 0) is 36.3 Å². The van der Waals surface area contributed by atoms with Crippen LogP contribution in [0.25, 0.3) is 0 Å². The second-order valence-electron chi connectivity index (χ2n) is 9.99. The van der Waals surface area contributed by atoms with Crippen molar-refractivity contribution in [2.24, 2.45) is 10.8 Å². The Labute approximate surface area is 183 Å². The van der Waals surface area contributed by atoms with Gasteiger partial charge in [-0.1, -0.05) is 47.6 Å². The molecular weight excluding hydrogens is 396 g/mol. The number of aliphatic hydroxyl groups is 2. The summed E-state index contributed by atoms with van der Waals surface area (Å²) in [6.07, 6.45) is 7.28. The lowest BCUT2D eigenvalue weighted by atomic mass is 9.63. The Morgan fingerprint density at radius 2 is 1.58 bits per heavy atom. The first kappa shape index (κ1) is 24.6. The fourth-order valence-corrected chi connectivity index (χ4v) is 3.49. The summed E-state index contributed by atoms with van der Waals surface area (Å²) in [5.41, 5.74) is -5.88. The first-order valence-electron chi connectivity index (χ1n) is 10.3. The highest BCUT2D eigenvalue weighted by atomic mass is 16.4. The second-order valence-corrected chi connectivity index (χ2v) is 9.99. The highest BCUT2D eigenvalue weighted by Gasteiger charge is 2.61. The van der Waals surface area contributed by atoms with E-state index in [9.17, 15) is 24.6 Å². The number of Topliss-reactive ketones (excluding diaryl/α,β-unsaturated/α-hetero) is 2.